The summed E-state index contributed by atoms with van der Waals surface area (Å²) in [6.07, 6.45) is 10.8. The van der Waals surface area contributed by atoms with Gasteiger partial charge < -0.3 is 9.47 Å². The Bertz CT molecular complexity index is 232. The summed E-state index contributed by atoms with van der Waals surface area (Å²) in [6, 6.07) is 0. The molecule has 78 valence electrons. The van der Waals surface area contributed by atoms with Crippen LogP contribution in [-0.4, -0.2) is 22.9 Å². The molecule has 0 saturated carbocycles. The smallest absolute Gasteiger partial charge is 0.170 e. The van der Waals surface area contributed by atoms with Crippen LogP contribution in [0.15, 0.2) is 12.2 Å². The molecule has 1 aliphatic heterocycles. The van der Waals surface area contributed by atoms with Gasteiger partial charge in [-0.1, -0.05) is 34.7 Å². The van der Waals surface area contributed by atoms with Gasteiger partial charge in [0.1, 0.15) is 0 Å². The Kier molecular flexibility index (Phi) is 5.53. The van der Waals surface area contributed by atoms with Gasteiger partial charge in [-0.15, -0.1) is 12.3 Å². The van der Waals surface area contributed by atoms with Crippen LogP contribution in [0.25, 0.3) is 0 Å². The van der Waals surface area contributed by atoms with Crippen molar-refractivity contribution < 1.29 is 9.47 Å². The van der Waals surface area contributed by atoms with Crippen LogP contribution in [0.2, 0.25) is 0 Å². The fraction of sp³-hybridized carbons (Fsp3) is 0.636. The molecule has 1 aliphatic rings. The van der Waals surface area contributed by atoms with Crippen molar-refractivity contribution >= 4 is 22.6 Å². The number of hydrogen-bond acceptors (Lipinski definition) is 2. The zero-order chi connectivity index (χ0) is 10.4. The van der Waals surface area contributed by atoms with Gasteiger partial charge in [0.25, 0.3) is 0 Å². The highest BCUT2D eigenvalue weighted by Gasteiger charge is 2.28. The molecule has 1 fully saturated rings. The van der Waals surface area contributed by atoms with Crippen LogP contribution >= 0.6 is 22.6 Å². The maximum Gasteiger partial charge on any atom is 0.170 e. The van der Waals surface area contributed by atoms with E-state index in [0.29, 0.717) is 10.3 Å². The number of alkyl halides is 1. The third-order valence-electron chi connectivity index (χ3n) is 2.01. The van der Waals surface area contributed by atoms with E-state index in [1.807, 2.05) is 19.1 Å². The van der Waals surface area contributed by atoms with Gasteiger partial charge in [-0.05, 0) is 13.3 Å². The molecular weight excluding hydrogens is 291 g/mol. The zero-order valence-electron chi connectivity index (χ0n) is 8.28. The van der Waals surface area contributed by atoms with Crippen LogP contribution in [0, 0.1) is 12.3 Å². The predicted molar refractivity (Wildman–Crippen MR) is 65.3 cm³/mol. The van der Waals surface area contributed by atoms with Crippen molar-refractivity contribution in [2.24, 2.45) is 0 Å². The second-order valence-electron chi connectivity index (χ2n) is 3.15. The predicted octanol–water partition coefficient (Wildman–Crippen LogP) is 2.52. The van der Waals surface area contributed by atoms with Crippen LogP contribution < -0.4 is 0 Å². The molecule has 1 heterocycles. The Hall–Kier alpha value is -0.0500. The Morgan fingerprint density at radius 1 is 1.79 bits per heavy atom. The summed E-state index contributed by atoms with van der Waals surface area (Å²) >= 11 is 2.36. The van der Waals surface area contributed by atoms with E-state index >= 15 is 0 Å². The largest absolute Gasteiger partial charge is 0.351 e. The summed E-state index contributed by atoms with van der Waals surface area (Å²) in [5.74, 6) is 2.61. The van der Waals surface area contributed by atoms with E-state index in [-0.39, 0.29) is 12.4 Å². The lowest BCUT2D eigenvalue weighted by atomic mass is 10.2. The summed E-state index contributed by atoms with van der Waals surface area (Å²) in [5.41, 5.74) is 0. The van der Waals surface area contributed by atoms with Gasteiger partial charge in [-0.25, -0.2) is 0 Å². The van der Waals surface area contributed by atoms with E-state index in [9.17, 15) is 0 Å². The van der Waals surface area contributed by atoms with Gasteiger partial charge in [0.2, 0.25) is 0 Å². The highest BCUT2D eigenvalue weighted by molar-refractivity contribution is 14.1. The molecule has 3 heteroatoms. The van der Waals surface area contributed by atoms with E-state index in [4.69, 9.17) is 15.9 Å². The number of ether oxygens (including phenoxy) is 2. The van der Waals surface area contributed by atoms with Crippen molar-refractivity contribution in [3.63, 3.8) is 0 Å². The Labute approximate surface area is 99.2 Å². The van der Waals surface area contributed by atoms with Crippen LogP contribution in [0.3, 0.4) is 0 Å². The van der Waals surface area contributed by atoms with E-state index < -0.39 is 0 Å². The molecule has 0 aromatic heterocycles. The molecule has 0 spiro atoms. The summed E-state index contributed by atoms with van der Waals surface area (Å²) in [4.78, 5) is 0. The maximum absolute atomic E-state index is 5.75. The average Bonchev–Trinajstić information content (AvgIpc) is 2.53. The number of hydrogen-bond donors (Lipinski definition) is 0. The lowest BCUT2D eigenvalue weighted by molar-refractivity contribution is -0.125. The van der Waals surface area contributed by atoms with E-state index in [1.165, 1.54) is 0 Å². The minimum absolute atomic E-state index is 0.00892. The number of rotatable bonds is 4. The highest BCUT2D eigenvalue weighted by atomic mass is 127. The second-order valence-corrected chi connectivity index (χ2v) is 4.75. The van der Waals surface area contributed by atoms with Crippen LogP contribution in [0.5, 0.6) is 0 Å². The highest BCUT2D eigenvalue weighted by Crippen LogP contribution is 2.24. The minimum Gasteiger partial charge on any atom is -0.351 e. The second kappa shape index (κ2) is 6.44. The Morgan fingerprint density at radius 2 is 2.57 bits per heavy atom. The fourth-order valence-corrected chi connectivity index (χ4v) is 1.96. The minimum atomic E-state index is -0.0925. The lowest BCUT2D eigenvalue weighted by Gasteiger charge is -2.19. The van der Waals surface area contributed by atoms with E-state index in [2.05, 4.69) is 28.5 Å². The lowest BCUT2D eigenvalue weighted by Crippen LogP contribution is -2.25. The summed E-state index contributed by atoms with van der Waals surface area (Å²) in [5, 5.41) is 0. The Morgan fingerprint density at radius 3 is 3.07 bits per heavy atom. The standard InChI is InChI=1S/C11H15IO2/c1-3-5-9(6-4-2)14-11-10(12)7-8-13-11/h1,4,6,9-11H,5,7-8H2,2H3/b6-4+/t9-,10-,11+/m0/s1. The first-order valence-corrected chi connectivity index (χ1v) is 6.00. The molecule has 0 amide bonds. The normalized spacial score (nSPS) is 29.2. The van der Waals surface area contributed by atoms with Crippen molar-refractivity contribution in [1.29, 1.82) is 0 Å². The summed E-state index contributed by atoms with van der Waals surface area (Å²) < 4.78 is 11.6. The first-order valence-electron chi connectivity index (χ1n) is 4.75. The molecular formula is C11H15IO2. The van der Waals surface area contributed by atoms with Crippen molar-refractivity contribution in [1.82, 2.24) is 0 Å². The van der Waals surface area contributed by atoms with Gasteiger partial charge in [0, 0.05) is 6.42 Å². The molecule has 0 N–H and O–H groups in total. The molecule has 0 unspecified atom stereocenters. The van der Waals surface area contributed by atoms with Gasteiger partial charge in [-0.3, -0.25) is 0 Å². The van der Waals surface area contributed by atoms with Crippen molar-refractivity contribution in [2.45, 2.75) is 36.1 Å². The molecule has 0 aromatic carbocycles. The molecule has 0 aromatic rings. The topological polar surface area (TPSA) is 18.5 Å². The molecule has 0 radical (unpaired) electrons. The Balaban J connectivity index is 2.42. The molecule has 1 saturated heterocycles. The van der Waals surface area contributed by atoms with Crippen LogP contribution in [-0.2, 0) is 9.47 Å². The first-order chi connectivity index (χ1) is 6.77. The van der Waals surface area contributed by atoms with E-state index in [0.717, 1.165) is 13.0 Å². The molecule has 0 aliphatic carbocycles. The molecule has 2 nitrogen and oxygen atoms in total. The monoisotopic (exact) mass is 306 g/mol. The summed E-state index contributed by atoms with van der Waals surface area (Å²) in [6.45, 7) is 2.75. The van der Waals surface area contributed by atoms with Gasteiger partial charge in [-0.2, -0.15) is 0 Å². The fourth-order valence-electron chi connectivity index (χ4n) is 1.33. The zero-order valence-corrected chi connectivity index (χ0v) is 10.4. The van der Waals surface area contributed by atoms with Crippen LogP contribution in [0.4, 0.5) is 0 Å². The number of allylic oxidation sites excluding steroid dienone is 1. The molecule has 14 heavy (non-hydrogen) atoms. The van der Waals surface area contributed by atoms with Crippen LogP contribution in [0.1, 0.15) is 19.8 Å². The number of terminal acetylenes is 1. The third-order valence-corrected chi connectivity index (χ3v) is 3.22. The first kappa shape index (κ1) is 12.0. The quantitative estimate of drug-likeness (QED) is 0.344. The van der Waals surface area contributed by atoms with E-state index in [1.54, 1.807) is 0 Å². The molecule has 1 rings (SSSR count). The van der Waals surface area contributed by atoms with Gasteiger partial charge in [0.15, 0.2) is 6.29 Å². The SMILES string of the molecule is C#CC[C@@H](/C=C/C)O[C@H]1OCC[C@@H]1I. The molecule has 3 atom stereocenters. The van der Waals surface area contributed by atoms with Gasteiger partial charge in [0.05, 0.1) is 16.6 Å². The maximum atomic E-state index is 5.75. The van der Waals surface area contributed by atoms with Crippen molar-refractivity contribution in [2.75, 3.05) is 6.61 Å². The number of halogens is 1. The van der Waals surface area contributed by atoms with Crippen molar-refractivity contribution in [3.05, 3.63) is 12.2 Å². The summed E-state index contributed by atoms with van der Waals surface area (Å²) in [7, 11) is 0. The van der Waals surface area contributed by atoms with Gasteiger partial charge >= 0.3 is 0 Å². The van der Waals surface area contributed by atoms with Crippen molar-refractivity contribution in [3.8, 4) is 12.3 Å². The molecule has 0 bridgehead atoms. The average molecular weight is 306 g/mol. The third kappa shape index (κ3) is 3.60.